The summed E-state index contributed by atoms with van der Waals surface area (Å²) in [5.41, 5.74) is 12.1. The monoisotopic (exact) mass is 246 g/mol. The Hall–Kier alpha value is -1.71. The molecule has 0 heterocycles. The van der Waals surface area contributed by atoms with Gasteiger partial charge in [-0.15, -0.1) is 0 Å². The van der Waals surface area contributed by atoms with Gasteiger partial charge in [-0.25, -0.2) is 0 Å². The van der Waals surface area contributed by atoms with Gasteiger partial charge in [-0.1, -0.05) is 49.1 Å². The van der Waals surface area contributed by atoms with Gasteiger partial charge >= 0.3 is 0 Å². The lowest BCUT2D eigenvalue weighted by Gasteiger charge is -2.04. The third kappa shape index (κ3) is 6.13. The van der Waals surface area contributed by atoms with Crippen LogP contribution in [0.2, 0.25) is 0 Å². The van der Waals surface area contributed by atoms with Crippen LogP contribution in [0.5, 0.6) is 0 Å². The van der Waals surface area contributed by atoms with Crippen LogP contribution < -0.4 is 11.5 Å². The minimum absolute atomic E-state index is 0.0104. The van der Waals surface area contributed by atoms with Crippen molar-refractivity contribution in [1.29, 1.82) is 0 Å². The van der Waals surface area contributed by atoms with Gasteiger partial charge in [0.1, 0.15) is 0 Å². The predicted octanol–water partition coefficient (Wildman–Crippen LogP) is 2.03. The van der Waals surface area contributed by atoms with Crippen LogP contribution >= 0.6 is 0 Å². The van der Waals surface area contributed by atoms with Gasteiger partial charge in [-0.2, -0.15) is 0 Å². The van der Waals surface area contributed by atoms with Crippen LogP contribution in [-0.2, 0) is 4.79 Å². The number of hydrogen-bond donors (Lipinski definition) is 2. The highest BCUT2D eigenvalue weighted by molar-refractivity contribution is 6.10. The molecule has 3 nitrogen and oxygen atoms in total. The van der Waals surface area contributed by atoms with E-state index in [0.29, 0.717) is 30.7 Å². The molecule has 0 rings (SSSR count). The van der Waals surface area contributed by atoms with Crippen LogP contribution in [0.1, 0.15) is 13.3 Å². The second-order valence-electron chi connectivity index (χ2n) is 3.55. The van der Waals surface area contributed by atoms with Crippen molar-refractivity contribution in [1.82, 2.24) is 0 Å². The van der Waals surface area contributed by atoms with Crippen LogP contribution in [0.4, 0.5) is 0 Å². The first-order valence-electron chi connectivity index (χ1n) is 5.95. The molecule has 18 heavy (non-hydrogen) atoms. The van der Waals surface area contributed by atoms with Crippen molar-refractivity contribution in [3.8, 4) is 0 Å². The van der Waals surface area contributed by atoms with Crippen molar-refractivity contribution >= 4 is 5.78 Å². The van der Waals surface area contributed by atoms with E-state index in [2.05, 4.69) is 6.58 Å². The Morgan fingerprint density at radius 1 is 1.17 bits per heavy atom. The summed E-state index contributed by atoms with van der Waals surface area (Å²) >= 11 is 0. The topological polar surface area (TPSA) is 69.1 Å². The zero-order chi connectivity index (χ0) is 13.8. The van der Waals surface area contributed by atoms with Gasteiger partial charge in [0.2, 0.25) is 0 Å². The second kappa shape index (κ2) is 10.4. The molecule has 4 N–H and O–H groups in total. The average molecular weight is 246 g/mol. The molecule has 0 saturated heterocycles. The molecule has 3 heteroatoms. The molecule has 0 amide bonds. The third-order valence-electron chi connectivity index (χ3n) is 2.26. The summed E-state index contributed by atoms with van der Waals surface area (Å²) in [6.45, 7) is 6.34. The standard InChI is InChI=1S/C15H22N2O/c1-3-8-14(9-5-6-11-16)15(18)13(4-2)10-7-12-17/h3-8,10H,1,9,11-12,16-17H2,2H3/b6-5-,10-7-,13-4+,14-8+. The van der Waals surface area contributed by atoms with Crippen molar-refractivity contribution in [2.75, 3.05) is 13.1 Å². The van der Waals surface area contributed by atoms with Gasteiger partial charge in [0.25, 0.3) is 0 Å². The highest BCUT2D eigenvalue weighted by Crippen LogP contribution is 2.12. The van der Waals surface area contributed by atoms with E-state index in [1.807, 2.05) is 19.1 Å². The molecular formula is C15H22N2O. The van der Waals surface area contributed by atoms with E-state index in [9.17, 15) is 4.79 Å². The molecule has 0 spiro atoms. The van der Waals surface area contributed by atoms with Crippen molar-refractivity contribution in [3.05, 3.63) is 60.3 Å². The van der Waals surface area contributed by atoms with E-state index in [1.165, 1.54) is 0 Å². The van der Waals surface area contributed by atoms with Crippen molar-refractivity contribution in [2.24, 2.45) is 11.5 Å². The normalized spacial score (nSPS) is 13.5. The highest BCUT2D eigenvalue weighted by Gasteiger charge is 2.10. The number of allylic oxidation sites excluding steroid dienone is 7. The van der Waals surface area contributed by atoms with Crippen molar-refractivity contribution in [2.45, 2.75) is 13.3 Å². The van der Waals surface area contributed by atoms with Gasteiger partial charge < -0.3 is 11.5 Å². The van der Waals surface area contributed by atoms with Crippen LogP contribution in [0.15, 0.2) is 60.3 Å². The summed E-state index contributed by atoms with van der Waals surface area (Å²) in [5.74, 6) is -0.0104. The molecule has 0 bridgehead atoms. The number of Topliss-reactive ketones (excluding diaryl/α,β-unsaturated/α-hetero) is 1. The molecule has 0 aliphatic heterocycles. The molecule has 0 atom stereocenters. The van der Waals surface area contributed by atoms with E-state index in [1.54, 1.807) is 30.4 Å². The van der Waals surface area contributed by atoms with Crippen LogP contribution in [0, 0.1) is 0 Å². The van der Waals surface area contributed by atoms with Crippen LogP contribution in [-0.4, -0.2) is 18.9 Å². The van der Waals surface area contributed by atoms with E-state index < -0.39 is 0 Å². The van der Waals surface area contributed by atoms with E-state index in [-0.39, 0.29) is 5.78 Å². The number of carbonyl (C=O) groups excluding carboxylic acids is 1. The van der Waals surface area contributed by atoms with Gasteiger partial charge in [0.05, 0.1) is 0 Å². The molecule has 0 aromatic rings. The molecular weight excluding hydrogens is 224 g/mol. The fourth-order valence-electron chi connectivity index (χ4n) is 1.37. The second-order valence-corrected chi connectivity index (χ2v) is 3.55. The summed E-state index contributed by atoms with van der Waals surface area (Å²) < 4.78 is 0. The summed E-state index contributed by atoms with van der Waals surface area (Å²) in [4.78, 5) is 12.2. The number of carbonyl (C=O) groups is 1. The predicted molar refractivity (Wildman–Crippen MR) is 78.0 cm³/mol. The fraction of sp³-hybridized carbons (Fsp3) is 0.267. The molecule has 0 radical (unpaired) electrons. The highest BCUT2D eigenvalue weighted by atomic mass is 16.1. The quantitative estimate of drug-likeness (QED) is 0.391. The van der Waals surface area contributed by atoms with E-state index in [0.717, 1.165) is 0 Å². The number of nitrogens with two attached hydrogens (primary N) is 2. The zero-order valence-electron chi connectivity index (χ0n) is 10.9. The van der Waals surface area contributed by atoms with Crippen LogP contribution in [0.25, 0.3) is 0 Å². The summed E-state index contributed by atoms with van der Waals surface area (Å²) in [6.07, 6.45) is 12.9. The molecule has 0 aliphatic rings. The average Bonchev–Trinajstić information content (AvgIpc) is 2.38. The molecule has 0 aromatic carbocycles. The Bertz CT molecular complexity index is 387. The maximum atomic E-state index is 12.2. The van der Waals surface area contributed by atoms with Crippen molar-refractivity contribution < 1.29 is 4.79 Å². The lowest BCUT2D eigenvalue weighted by atomic mass is 9.99. The molecule has 0 fully saturated rings. The Labute approximate surface area is 109 Å². The maximum Gasteiger partial charge on any atom is 0.188 e. The molecule has 0 aliphatic carbocycles. The molecule has 98 valence electrons. The molecule has 0 aromatic heterocycles. The number of hydrogen-bond acceptors (Lipinski definition) is 3. The fourth-order valence-corrected chi connectivity index (χ4v) is 1.37. The first kappa shape index (κ1) is 16.3. The minimum Gasteiger partial charge on any atom is -0.327 e. The van der Waals surface area contributed by atoms with Crippen LogP contribution in [0.3, 0.4) is 0 Å². The lowest BCUT2D eigenvalue weighted by Crippen LogP contribution is -2.05. The first-order chi connectivity index (χ1) is 8.71. The first-order valence-corrected chi connectivity index (χ1v) is 5.95. The Kier molecular flexibility index (Phi) is 9.45. The Balaban J connectivity index is 4.96. The van der Waals surface area contributed by atoms with E-state index >= 15 is 0 Å². The molecule has 0 unspecified atom stereocenters. The van der Waals surface area contributed by atoms with E-state index in [4.69, 9.17) is 11.5 Å². The minimum atomic E-state index is -0.0104. The van der Waals surface area contributed by atoms with Gasteiger partial charge in [-0.3, -0.25) is 4.79 Å². The Morgan fingerprint density at radius 2 is 1.83 bits per heavy atom. The summed E-state index contributed by atoms with van der Waals surface area (Å²) in [6, 6.07) is 0. The summed E-state index contributed by atoms with van der Waals surface area (Å²) in [5, 5.41) is 0. The Morgan fingerprint density at radius 3 is 2.33 bits per heavy atom. The third-order valence-corrected chi connectivity index (χ3v) is 2.26. The molecule has 0 saturated carbocycles. The van der Waals surface area contributed by atoms with Crippen molar-refractivity contribution in [3.63, 3.8) is 0 Å². The lowest BCUT2D eigenvalue weighted by molar-refractivity contribution is -0.112. The zero-order valence-corrected chi connectivity index (χ0v) is 10.9. The number of rotatable bonds is 8. The van der Waals surface area contributed by atoms with Gasteiger partial charge in [0.15, 0.2) is 5.78 Å². The number of ketones is 1. The smallest absolute Gasteiger partial charge is 0.188 e. The SMILES string of the molecule is C=C/C=C(\C/C=C\CN)C(=O)C(/C=C\CN)=C/C. The van der Waals surface area contributed by atoms with Gasteiger partial charge in [0, 0.05) is 24.2 Å². The van der Waals surface area contributed by atoms with Gasteiger partial charge in [-0.05, 0) is 13.3 Å². The largest absolute Gasteiger partial charge is 0.327 e. The summed E-state index contributed by atoms with van der Waals surface area (Å²) in [7, 11) is 0. The maximum absolute atomic E-state index is 12.2.